The van der Waals surface area contributed by atoms with Crippen LogP contribution in [0.1, 0.15) is 26.0 Å². The number of hydrogen-bond donors (Lipinski definition) is 0. The van der Waals surface area contributed by atoms with E-state index in [-0.39, 0.29) is 30.2 Å². The molecule has 134 valence electrons. The third kappa shape index (κ3) is 6.71. The molecule has 0 aliphatic rings. The minimum Gasteiger partial charge on any atom is -0.487 e. The van der Waals surface area contributed by atoms with Gasteiger partial charge in [0.25, 0.3) is 0 Å². The Balaban J connectivity index is 1.77. The summed E-state index contributed by atoms with van der Waals surface area (Å²) in [6.45, 7) is 4.24. The van der Waals surface area contributed by atoms with Crippen molar-refractivity contribution in [1.82, 2.24) is 0 Å². The molecule has 1 aromatic heterocycles. The molecule has 0 saturated heterocycles. The van der Waals surface area contributed by atoms with Crippen LogP contribution in [0.3, 0.4) is 0 Å². The lowest BCUT2D eigenvalue weighted by Crippen LogP contribution is -2.15. The first-order valence-corrected chi connectivity index (χ1v) is 8.12. The molecule has 1 heterocycles. The monoisotopic (exact) mass is 346 g/mol. The Morgan fingerprint density at radius 3 is 2.60 bits per heavy atom. The van der Waals surface area contributed by atoms with Gasteiger partial charge in [0.2, 0.25) is 11.2 Å². The number of carbonyl (C=O) groups is 1. The van der Waals surface area contributed by atoms with Crippen LogP contribution in [0.2, 0.25) is 0 Å². The maximum atomic E-state index is 11.9. The minimum absolute atomic E-state index is 0.140. The number of benzene rings is 1. The fourth-order valence-corrected chi connectivity index (χ4v) is 1.88. The van der Waals surface area contributed by atoms with Crippen molar-refractivity contribution in [3.63, 3.8) is 0 Å². The highest BCUT2D eigenvalue weighted by molar-refractivity contribution is 5.71. The van der Waals surface area contributed by atoms with Crippen molar-refractivity contribution < 1.29 is 23.4 Å². The van der Waals surface area contributed by atoms with Gasteiger partial charge < -0.3 is 18.6 Å². The van der Waals surface area contributed by atoms with Crippen LogP contribution in [0.4, 0.5) is 0 Å². The average Bonchev–Trinajstić information content (AvgIpc) is 2.60. The zero-order chi connectivity index (χ0) is 18.1. The predicted molar refractivity (Wildman–Crippen MR) is 91.7 cm³/mol. The van der Waals surface area contributed by atoms with Crippen LogP contribution in [0, 0.1) is 5.92 Å². The fraction of sp³-hybridized carbons (Fsp3) is 0.368. The highest BCUT2D eigenvalue weighted by Crippen LogP contribution is 2.10. The molecule has 0 aliphatic carbocycles. The molecule has 2 rings (SSSR count). The van der Waals surface area contributed by atoms with Crippen molar-refractivity contribution in [3.05, 3.63) is 58.6 Å². The first kappa shape index (κ1) is 18.6. The summed E-state index contributed by atoms with van der Waals surface area (Å²) in [5.41, 5.74) is -0.304. The minimum atomic E-state index is -0.552. The van der Waals surface area contributed by atoms with Gasteiger partial charge in [-0.15, -0.1) is 0 Å². The lowest BCUT2D eigenvalue weighted by molar-refractivity contribution is -0.147. The number of ether oxygens (including phenoxy) is 3. The molecule has 0 radical (unpaired) electrons. The zero-order valence-electron chi connectivity index (χ0n) is 14.4. The van der Waals surface area contributed by atoms with Crippen molar-refractivity contribution in [2.24, 2.45) is 5.92 Å². The Morgan fingerprint density at radius 1 is 1.16 bits per heavy atom. The Hall–Kier alpha value is -2.76. The summed E-state index contributed by atoms with van der Waals surface area (Å²) in [5, 5.41) is 0. The van der Waals surface area contributed by atoms with Gasteiger partial charge in [0.1, 0.15) is 24.4 Å². The van der Waals surface area contributed by atoms with Gasteiger partial charge in [-0.25, -0.2) is 4.79 Å². The highest BCUT2D eigenvalue weighted by Gasteiger charge is 2.09. The van der Waals surface area contributed by atoms with Gasteiger partial charge in [0.15, 0.2) is 6.61 Å². The van der Waals surface area contributed by atoms with E-state index in [1.54, 1.807) is 24.3 Å². The summed E-state index contributed by atoms with van der Waals surface area (Å²) in [6.07, 6.45) is 2.09. The number of hydrogen-bond acceptors (Lipinski definition) is 6. The SMILES string of the molecule is CC(C)CCOc1coc(COC(=O)COc2ccccc2)cc1=O. The molecule has 0 saturated carbocycles. The van der Waals surface area contributed by atoms with Gasteiger partial charge in [-0.05, 0) is 24.5 Å². The van der Waals surface area contributed by atoms with Gasteiger partial charge in [-0.3, -0.25) is 4.79 Å². The summed E-state index contributed by atoms with van der Waals surface area (Å²) >= 11 is 0. The molecule has 0 N–H and O–H groups in total. The van der Waals surface area contributed by atoms with Crippen LogP contribution in [0.15, 0.2) is 51.9 Å². The maximum absolute atomic E-state index is 11.9. The Morgan fingerprint density at radius 2 is 1.92 bits per heavy atom. The molecule has 0 unspecified atom stereocenters. The molecule has 0 amide bonds. The molecule has 0 bridgehead atoms. The topological polar surface area (TPSA) is 75.0 Å². The molecular formula is C19H22O6. The second kappa shape index (κ2) is 9.52. The van der Waals surface area contributed by atoms with Crippen molar-refractivity contribution in [2.75, 3.05) is 13.2 Å². The standard InChI is InChI=1S/C19H22O6/c1-14(2)8-9-22-18-12-23-16(10-17(18)20)11-25-19(21)13-24-15-6-4-3-5-7-15/h3-7,10,12,14H,8-9,11,13H2,1-2H3. The first-order chi connectivity index (χ1) is 12.0. The Kier molecular flexibility index (Phi) is 7.07. The van der Waals surface area contributed by atoms with Crippen molar-refractivity contribution in [1.29, 1.82) is 0 Å². The summed E-state index contributed by atoms with van der Waals surface area (Å²) < 4.78 is 20.9. The molecule has 2 aromatic rings. The van der Waals surface area contributed by atoms with Crippen LogP contribution in [-0.4, -0.2) is 19.2 Å². The van der Waals surface area contributed by atoms with E-state index in [0.717, 1.165) is 6.42 Å². The second-order valence-corrected chi connectivity index (χ2v) is 5.87. The van der Waals surface area contributed by atoms with E-state index in [2.05, 4.69) is 13.8 Å². The molecule has 0 atom stereocenters. The lowest BCUT2D eigenvalue weighted by Gasteiger charge is -2.08. The van der Waals surface area contributed by atoms with Gasteiger partial charge >= 0.3 is 5.97 Å². The third-order valence-electron chi connectivity index (χ3n) is 3.28. The van der Waals surface area contributed by atoms with Crippen molar-refractivity contribution >= 4 is 5.97 Å². The molecule has 0 spiro atoms. The number of rotatable bonds is 9. The first-order valence-electron chi connectivity index (χ1n) is 8.12. The molecule has 0 fully saturated rings. The second-order valence-electron chi connectivity index (χ2n) is 5.87. The molecule has 1 aromatic carbocycles. The third-order valence-corrected chi connectivity index (χ3v) is 3.28. The summed E-state index contributed by atoms with van der Waals surface area (Å²) in [7, 11) is 0. The van der Waals surface area contributed by atoms with E-state index in [1.165, 1.54) is 12.3 Å². The van der Waals surface area contributed by atoms with E-state index in [0.29, 0.717) is 18.3 Å². The van der Waals surface area contributed by atoms with Crippen LogP contribution in [0.25, 0.3) is 0 Å². The molecule has 0 aliphatic heterocycles. The van der Waals surface area contributed by atoms with Crippen molar-refractivity contribution in [2.45, 2.75) is 26.9 Å². The van der Waals surface area contributed by atoms with Crippen LogP contribution >= 0.6 is 0 Å². The van der Waals surface area contributed by atoms with Gasteiger partial charge in [-0.1, -0.05) is 32.0 Å². The van der Waals surface area contributed by atoms with Gasteiger partial charge in [-0.2, -0.15) is 0 Å². The van der Waals surface area contributed by atoms with Crippen LogP contribution in [0.5, 0.6) is 11.5 Å². The largest absolute Gasteiger partial charge is 0.487 e. The number of esters is 1. The van der Waals surface area contributed by atoms with E-state index in [1.807, 2.05) is 6.07 Å². The maximum Gasteiger partial charge on any atom is 0.344 e. The fourth-order valence-electron chi connectivity index (χ4n) is 1.88. The summed E-state index contributed by atoms with van der Waals surface area (Å²) in [5.74, 6) is 0.916. The Labute approximate surface area is 146 Å². The Bertz CT molecular complexity index is 720. The van der Waals surface area contributed by atoms with Crippen molar-refractivity contribution in [3.8, 4) is 11.5 Å². The highest BCUT2D eigenvalue weighted by atomic mass is 16.6. The summed E-state index contributed by atoms with van der Waals surface area (Å²) in [4.78, 5) is 23.6. The van der Waals surface area contributed by atoms with Gasteiger partial charge in [0.05, 0.1) is 6.61 Å². The van der Waals surface area contributed by atoms with Gasteiger partial charge in [0, 0.05) is 6.07 Å². The molecule has 6 nitrogen and oxygen atoms in total. The average molecular weight is 346 g/mol. The van der Waals surface area contributed by atoms with E-state index < -0.39 is 5.97 Å². The normalized spacial score (nSPS) is 10.5. The van der Waals surface area contributed by atoms with Crippen LogP contribution < -0.4 is 14.9 Å². The number of carbonyl (C=O) groups excluding carboxylic acids is 1. The molecular weight excluding hydrogens is 324 g/mol. The quantitative estimate of drug-likeness (QED) is 0.649. The summed E-state index contributed by atoms with van der Waals surface area (Å²) in [6, 6.07) is 10.2. The molecule has 25 heavy (non-hydrogen) atoms. The van der Waals surface area contributed by atoms with E-state index in [9.17, 15) is 9.59 Å². The van der Waals surface area contributed by atoms with E-state index >= 15 is 0 Å². The predicted octanol–water partition coefficient (Wildman–Crippen LogP) is 3.19. The lowest BCUT2D eigenvalue weighted by atomic mass is 10.1. The van der Waals surface area contributed by atoms with E-state index in [4.69, 9.17) is 18.6 Å². The zero-order valence-corrected chi connectivity index (χ0v) is 14.4. The number of para-hydroxylation sites is 1. The van der Waals surface area contributed by atoms with Crippen LogP contribution in [-0.2, 0) is 16.1 Å². The smallest absolute Gasteiger partial charge is 0.344 e. The molecule has 6 heteroatoms.